The summed E-state index contributed by atoms with van der Waals surface area (Å²) in [5.41, 5.74) is 2.29. The van der Waals surface area contributed by atoms with E-state index in [0.29, 0.717) is 12.3 Å². The summed E-state index contributed by atoms with van der Waals surface area (Å²) in [5, 5.41) is 0.781. The van der Waals surface area contributed by atoms with E-state index in [-0.39, 0.29) is 11.6 Å². The molecular weight excluding hydrogens is 332 g/mol. The number of benzene rings is 1. The summed E-state index contributed by atoms with van der Waals surface area (Å²) >= 11 is 6.44. The third kappa shape index (κ3) is 5.10. The lowest BCUT2D eigenvalue weighted by Crippen LogP contribution is -2.48. The normalized spacial score (nSPS) is 17.0. The zero-order valence-corrected chi connectivity index (χ0v) is 15.8. The number of halogens is 1. The first-order valence-corrected chi connectivity index (χ1v) is 10.5. The predicted molar refractivity (Wildman–Crippen MR) is 98.3 cm³/mol. The van der Waals surface area contributed by atoms with Gasteiger partial charge in [0.2, 0.25) is 0 Å². The minimum atomic E-state index is -2.96. The van der Waals surface area contributed by atoms with Crippen LogP contribution in [0, 0.1) is 0 Å². The lowest BCUT2D eigenvalue weighted by molar-refractivity contribution is 0.294. The monoisotopic (exact) mass is 358 g/mol. The second-order valence-electron chi connectivity index (χ2n) is 6.55. The van der Waals surface area contributed by atoms with Crippen LogP contribution >= 0.6 is 11.6 Å². The van der Waals surface area contributed by atoms with Gasteiger partial charge in [-0.1, -0.05) is 38.4 Å². The molecule has 0 aliphatic carbocycles. The van der Waals surface area contributed by atoms with Crippen LogP contribution in [0.25, 0.3) is 0 Å². The molecule has 1 aromatic rings. The molecule has 1 aliphatic heterocycles. The lowest BCUT2D eigenvalue weighted by Gasteiger charge is -2.36. The van der Waals surface area contributed by atoms with Crippen molar-refractivity contribution in [2.24, 2.45) is 0 Å². The number of anilines is 1. The quantitative estimate of drug-likeness (QED) is 0.781. The maximum absolute atomic E-state index is 11.9. The van der Waals surface area contributed by atoms with Crippen molar-refractivity contribution in [2.75, 3.05) is 42.7 Å². The van der Waals surface area contributed by atoms with Gasteiger partial charge in [-0.15, -0.1) is 0 Å². The molecule has 0 atom stereocenters. The fourth-order valence-electron chi connectivity index (χ4n) is 2.91. The summed E-state index contributed by atoms with van der Waals surface area (Å²) in [5.74, 6) is 0.909. The van der Waals surface area contributed by atoms with Gasteiger partial charge >= 0.3 is 0 Å². The Balaban J connectivity index is 1.97. The van der Waals surface area contributed by atoms with Gasteiger partial charge in [0.1, 0.15) is 5.88 Å². The zero-order valence-electron chi connectivity index (χ0n) is 14.3. The Hall–Kier alpha value is -0.780. The average molecular weight is 359 g/mol. The molecule has 0 amide bonds. The fraction of sp³-hybridized carbons (Fsp3) is 0.647. The van der Waals surface area contributed by atoms with Gasteiger partial charge in [0.15, 0.2) is 9.84 Å². The molecule has 0 N–H and O–H groups in total. The van der Waals surface area contributed by atoms with Crippen LogP contribution in [0.15, 0.2) is 18.2 Å². The molecule has 0 unspecified atom stereocenters. The Bertz CT molecular complexity index is 623. The highest BCUT2D eigenvalue weighted by molar-refractivity contribution is 7.91. The number of piperazine rings is 1. The summed E-state index contributed by atoms with van der Waals surface area (Å²) in [6.45, 7) is 9.33. The molecule has 0 spiro atoms. The molecule has 1 heterocycles. The van der Waals surface area contributed by atoms with Crippen LogP contribution in [-0.2, 0) is 9.84 Å². The van der Waals surface area contributed by atoms with Crippen molar-refractivity contribution in [1.29, 1.82) is 0 Å². The third-order valence-corrected chi connectivity index (χ3v) is 6.34. The molecule has 0 aromatic heterocycles. The Morgan fingerprint density at radius 3 is 2.35 bits per heavy atom. The van der Waals surface area contributed by atoms with Crippen LogP contribution in [0.5, 0.6) is 0 Å². The van der Waals surface area contributed by atoms with Gasteiger partial charge in [-0.2, -0.15) is 0 Å². The summed E-state index contributed by atoms with van der Waals surface area (Å²) in [7, 11) is -2.96. The van der Waals surface area contributed by atoms with E-state index in [1.807, 2.05) is 17.9 Å². The Morgan fingerprint density at radius 1 is 1.17 bits per heavy atom. The van der Waals surface area contributed by atoms with E-state index in [1.54, 1.807) is 0 Å². The van der Waals surface area contributed by atoms with E-state index in [0.717, 1.165) is 36.9 Å². The number of sulfone groups is 1. The van der Waals surface area contributed by atoms with E-state index in [4.69, 9.17) is 11.6 Å². The van der Waals surface area contributed by atoms with Gasteiger partial charge in [-0.3, -0.25) is 4.90 Å². The summed E-state index contributed by atoms with van der Waals surface area (Å²) in [6, 6.07) is 6.25. The summed E-state index contributed by atoms with van der Waals surface area (Å²) < 4.78 is 23.9. The van der Waals surface area contributed by atoms with Gasteiger partial charge < -0.3 is 4.90 Å². The second-order valence-corrected chi connectivity index (χ2v) is 9.11. The maximum Gasteiger partial charge on any atom is 0.163 e. The van der Waals surface area contributed by atoms with E-state index in [2.05, 4.69) is 30.9 Å². The Kier molecular flexibility index (Phi) is 6.34. The number of hydrogen-bond donors (Lipinski definition) is 0. The molecule has 1 aromatic carbocycles. The van der Waals surface area contributed by atoms with Crippen LogP contribution in [0.4, 0.5) is 5.69 Å². The average Bonchev–Trinajstić information content (AvgIpc) is 2.47. The summed E-state index contributed by atoms with van der Waals surface area (Å²) in [6.07, 6.45) is 0.681. The van der Waals surface area contributed by atoms with E-state index in [1.165, 1.54) is 5.56 Å². The number of rotatable bonds is 6. The molecule has 4 nitrogen and oxygen atoms in total. The van der Waals surface area contributed by atoms with E-state index < -0.39 is 9.84 Å². The standard InChI is InChI=1S/C17H27ClN2O2S/c1-4-11-23(21,22)13-19-7-9-20(10-8-19)17-6-5-15(14(2)3)12-16(17)18/h5-6,12,14H,4,7-11,13H2,1-3H3. The van der Waals surface area contributed by atoms with Crippen molar-refractivity contribution in [2.45, 2.75) is 33.1 Å². The molecule has 0 saturated carbocycles. The first kappa shape index (κ1) is 18.6. The van der Waals surface area contributed by atoms with Crippen LogP contribution in [-0.4, -0.2) is 51.1 Å². The highest BCUT2D eigenvalue weighted by Gasteiger charge is 2.22. The molecule has 130 valence electrons. The smallest absolute Gasteiger partial charge is 0.163 e. The van der Waals surface area contributed by atoms with Crippen molar-refractivity contribution in [3.63, 3.8) is 0 Å². The van der Waals surface area contributed by atoms with Crippen molar-refractivity contribution in [3.05, 3.63) is 28.8 Å². The highest BCUT2D eigenvalue weighted by Crippen LogP contribution is 2.30. The minimum Gasteiger partial charge on any atom is -0.368 e. The van der Waals surface area contributed by atoms with Crippen molar-refractivity contribution >= 4 is 27.1 Å². The predicted octanol–water partition coefficient (Wildman–Crippen LogP) is 3.37. The topological polar surface area (TPSA) is 40.6 Å². The minimum absolute atomic E-state index is 0.175. The van der Waals surface area contributed by atoms with Gasteiger partial charge in [0.05, 0.1) is 16.5 Å². The van der Waals surface area contributed by atoms with Gasteiger partial charge in [-0.05, 0) is 30.0 Å². The Morgan fingerprint density at radius 2 is 1.83 bits per heavy atom. The zero-order chi connectivity index (χ0) is 17.0. The van der Waals surface area contributed by atoms with Crippen LogP contribution in [0.2, 0.25) is 5.02 Å². The first-order chi connectivity index (χ1) is 10.8. The fourth-order valence-corrected chi connectivity index (χ4v) is 4.78. The summed E-state index contributed by atoms with van der Waals surface area (Å²) in [4.78, 5) is 4.27. The molecular formula is C17H27ClN2O2S. The van der Waals surface area contributed by atoms with Crippen LogP contribution in [0.1, 0.15) is 38.7 Å². The molecule has 6 heteroatoms. The van der Waals surface area contributed by atoms with Crippen molar-refractivity contribution < 1.29 is 8.42 Å². The number of hydrogen-bond acceptors (Lipinski definition) is 4. The largest absolute Gasteiger partial charge is 0.368 e. The highest BCUT2D eigenvalue weighted by atomic mass is 35.5. The number of nitrogens with zero attached hydrogens (tertiary/aromatic N) is 2. The van der Waals surface area contributed by atoms with Gasteiger partial charge in [0, 0.05) is 26.2 Å². The third-order valence-electron chi connectivity index (χ3n) is 4.25. The Labute approximate surface area is 145 Å². The van der Waals surface area contributed by atoms with Gasteiger partial charge in [-0.25, -0.2) is 8.42 Å². The molecule has 0 bridgehead atoms. The molecule has 1 aliphatic rings. The first-order valence-electron chi connectivity index (χ1n) is 8.29. The second kappa shape index (κ2) is 7.86. The lowest BCUT2D eigenvalue weighted by atomic mass is 10.0. The van der Waals surface area contributed by atoms with E-state index >= 15 is 0 Å². The van der Waals surface area contributed by atoms with E-state index in [9.17, 15) is 8.42 Å². The van der Waals surface area contributed by atoms with Crippen LogP contribution < -0.4 is 4.90 Å². The maximum atomic E-state index is 11.9. The van der Waals surface area contributed by atoms with Crippen molar-refractivity contribution in [1.82, 2.24) is 4.90 Å². The van der Waals surface area contributed by atoms with Crippen LogP contribution in [0.3, 0.4) is 0 Å². The van der Waals surface area contributed by atoms with Crippen molar-refractivity contribution in [3.8, 4) is 0 Å². The molecule has 2 rings (SSSR count). The van der Waals surface area contributed by atoms with Gasteiger partial charge in [0.25, 0.3) is 0 Å². The molecule has 1 saturated heterocycles. The SMILES string of the molecule is CCCS(=O)(=O)CN1CCN(c2ccc(C(C)C)cc2Cl)CC1. The molecule has 0 radical (unpaired) electrons. The molecule has 23 heavy (non-hydrogen) atoms. The molecule has 1 fully saturated rings.